The van der Waals surface area contributed by atoms with E-state index in [0.29, 0.717) is 26.4 Å². The molecule has 0 saturated carbocycles. The van der Waals surface area contributed by atoms with E-state index in [9.17, 15) is 4.79 Å². The van der Waals surface area contributed by atoms with Gasteiger partial charge in [0.1, 0.15) is 5.73 Å². The quantitative estimate of drug-likeness (QED) is 0.245. The second-order valence-electron chi connectivity index (χ2n) is 3.98. The SMILES string of the molecule is C=CC(=O)OC(C)[Si](C)(OCCOC)OCCOC. The summed E-state index contributed by atoms with van der Waals surface area (Å²) in [6, 6.07) is 0. The molecule has 0 bridgehead atoms. The van der Waals surface area contributed by atoms with Crippen molar-refractivity contribution >= 4 is 14.5 Å². The van der Waals surface area contributed by atoms with Gasteiger partial charge in [-0.15, -0.1) is 0 Å². The van der Waals surface area contributed by atoms with Crippen molar-refractivity contribution in [1.29, 1.82) is 0 Å². The lowest BCUT2D eigenvalue weighted by atomic mass is 10.6. The van der Waals surface area contributed by atoms with Gasteiger partial charge < -0.3 is 23.1 Å². The Morgan fingerprint density at radius 2 is 1.63 bits per heavy atom. The summed E-state index contributed by atoms with van der Waals surface area (Å²) in [6.07, 6.45) is 1.12. The molecule has 19 heavy (non-hydrogen) atoms. The number of ether oxygens (including phenoxy) is 3. The third-order valence-electron chi connectivity index (χ3n) is 2.55. The van der Waals surface area contributed by atoms with Crippen LogP contribution >= 0.6 is 0 Å². The topological polar surface area (TPSA) is 63.2 Å². The maximum absolute atomic E-state index is 11.3. The number of hydrogen-bond donors (Lipinski definition) is 0. The average Bonchev–Trinajstić information content (AvgIpc) is 2.39. The highest BCUT2D eigenvalue weighted by Gasteiger charge is 2.41. The molecule has 0 spiro atoms. The fourth-order valence-corrected chi connectivity index (χ4v) is 3.12. The molecular weight excluding hydrogens is 268 g/mol. The van der Waals surface area contributed by atoms with E-state index in [4.69, 9.17) is 23.1 Å². The van der Waals surface area contributed by atoms with Gasteiger partial charge in [0.05, 0.1) is 26.4 Å². The zero-order valence-corrected chi connectivity index (χ0v) is 13.1. The predicted octanol–water partition coefficient (Wildman–Crippen LogP) is 1.04. The maximum Gasteiger partial charge on any atom is 0.377 e. The molecule has 0 rings (SSSR count). The number of carbonyl (C=O) groups excluding carboxylic acids is 1. The first-order valence-electron chi connectivity index (χ1n) is 6.09. The Hall–Kier alpha value is -0.733. The van der Waals surface area contributed by atoms with E-state index in [0.717, 1.165) is 6.08 Å². The van der Waals surface area contributed by atoms with Gasteiger partial charge in [-0.1, -0.05) is 6.58 Å². The lowest BCUT2D eigenvalue weighted by molar-refractivity contribution is -0.140. The highest BCUT2D eigenvalue weighted by Crippen LogP contribution is 2.16. The summed E-state index contributed by atoms with van der Waals surface area (Å²) in [5.41, 5.74) is -0.452. The van der Waals surface area contributed by atoms with Crippen molar-refractivity contribution in [2.45, 2.75) is 19.2 Å². The van der Waals surface area contributed by atoms with Crippen LogP contribution in [0.2, 0.25) is 6.55 Å². The Balaban J connectivity index is 4.51. The minimum absolute atomic E-state index is 0.391. The fraction of sp³-hybridized carbons (Fsp3) is 0.750. The minimum atomic E-state index is -2.66. The highest BCUT2D eigenvalue weighted by molar-refractivity contribution is 6.67. The average molecular weight is 292 g/mol. The van der Waals surface area contributed by atoms with Crippen LogP contribution in [-0.4, -0.2) is 60.9 Å². The summed E-state index contributed by atoms with van der Waals surface area (Å²) in [7, 11) is 0.528. The van der Waals surface area contributed by atoms with Crippen molar-refractivity contribution < 1.29 is 27.9 Å². The van der Waals surface area contributed by atoms with Crippen LogP contribution in [0.5, 0.6) is 0 Å². The van der Waals surface area contributed by atoms with Crippen LogP contribution in [0.25, 0.3) is 0 Å². The third-order valence-corrected chi connectivity index (χ3v) is 5.70. The first-order chi connectivity index (χ1) is 9.00. The van der Waals surface area contributed by atoms with Crippen LogP contribution in [0.1, 0.15) is 6.92 Å². The molecule has 0 radical (unpaired) electrons. The van der Waals surface area contributed by atoms with Gasteiger partial charge in [-0.25, -0.2) is 4.79 Å². The van der Waals surface area contributed by atoms with Crippen LogP contribution in [0.4, 0.5) is 0 Å². The Bertz CT molecular complexity index is 261. The minimum Gasteiger partial charge on any atom is -0.458 e. The van der Waals surface area contributed by atoms with E-state index < -0.39 is 20.3 Å². The molecule has 0 amide bonds. The second kappa shape index (κ2) is 10.1. The van der Waals surface area contributed by atoms with Crippen molar-refractivity contribution in [2.75, 3.05) is 40.6 Å². The second-order valence-corrected chi connectivity index (χ2v) is 7.40. The summed E-state index contributed by atoms with van der Waals surface area (Å²) in [5, 5.41) is 0. The molecule has 0 saturated heterocycles. The van der Waals surface area contributed by atoms with Crippen molar-refractivity contribution in [1.82, 2.24) is 0 Å². The van der Waals surface area contributed by atoms with Crippen molar-refractivity contribution in [3.8, 4) is 0 Å². The monoisotopic (exact) mass is 292 g/mol. The molecular formula is C12H24O6Si. The van der Waals surface area contributed by atoms with Gasteiger partial charge in [0.15, 0.2) is 0 Å². The van der Waals surface area contributed by atoms with Gasteiger partial charge >= 0.3 is 14.5 Å². The van der Waals surface area contributed by atoms with Crippen molar-refractivity contribution in [2.24, 2.45) is 0 Å². The molecule has 112 valence electrons. The zero-order chi connectivity index (χ0) is 14.7. The van der Waals surface area contributed by atoms with Crippen molar-refractivity contribution in [3.63, 3.8) is 0 Å². The molecule has 6 nitrogen and oxygen atoms in total. The Kier molecular flexibility index (Phi) is 9.71. The largest absolute Gasteiger partial charge is 0.458 e. The number of carbonyl (C=O) groups is 1. The number of methoxy groups -OCH3 is 2. The molecule has 0 aromatic rings. The zero-order valence-electron chi connectivity index (χ0n) is 12.1. The van der Waals surface area contributed by atoms with Crippen LogP contribution < -0.4 is 0 Å². The van der Waals surface area contributed by atoms with Crippen LogP contribution in [0.3, 0.4) is 0 Å². The van der Waals surface area contributed by atoms with E-state index >= 15 is 0 Å². The van der Waals surface area contributed by atoms with Crippen LogP contribution in [-0.2, 0) is 27.9 Å². The molecule has 0 aliphatic rings. The molecule has 1 atom stereocenters. The van der Waals surface area contributed by atoms with E-state index in [1.165, 1.54) is 0 Å². The van der Waals surface area contributed by atoms with Gasteiger partial charge in [0.25, 0.3) is 0 Å². The van der Waals surface area contributed by atoms with E-state index in [2.05, 4.69) is 6.58 Å². The highest BCUT2D eigenvalue weighted by atomic mass is 28.4. The molecule has 0 aliphatic carbocycles. The van der Waals surface area contributed by atoms with Gasteiger partial charge in [-0.2, -0.15) is 0 Å². The predicted molar refractivity (Wildman–Crippen MR) is 73.0 cm³/mol. The Labute approximate surface area is 115 Å². The first-order valence-corrected chi connectivity index (χ1v) is 8.48. The first kappa shape index (κ1) is 18.3. The van der Waals surface area contributed by atoms with Crippen LogP contribution in [0.15, 0.2) is 12.7 Å². The van der Waals surface area contributed by atoms with Gasteiger partial charge in [-0.05, 0) is 13.5 Å². The number of hydrogen-bond acceptors (Lipinski definition) is 6. The standard InChI is InChI=1S/C12H24O6Si/c1-6-12(13)18-11(2)19(5,16-9-7-14-3)17-10-8-15-4/h6,11H,1,7-10H2,2-5H3. The molecule has 0 aromatic carbocycles. The van der Waals surface area contributed by atoms with Gasteiger partial charge in [0.2, 0.25) is 0 Å². The fourth-order valence-electron chi connectivity index (χ4n) is 1.26. The Morgan fingerprint density at radius 1 is 1.16 bits per heavy atom. The molecule has 0 aliphatic heterocycles. The normalized spacial score (nSPS) is 13.1. The summed E-state index contributed by atoms with van der Waals surface area (Å²) in [6.45, 7) is 8.67. The van der Waals surface area contributed by atoms with E-state index in [1.807, 2.05) is 6.55 Å². The summed E-state index contributed by atoms with van der Waals surface area (Å²) < 4.78 is 26.6. The summed E-state index contributed by atoms with van der Waals surface area (Å²) >= 11 is 0. The lowest BCUT2D eigenvalue weighted by Crippen LogP contribution is -2.52. The van der Waals surface area contributed by atoms with Gasteiger partial charge in [0, 0.05) is 20.3 Å². The smallest absolute Gasteiger partial charge is 0.377 e. The van der Waals surface area contributed by atoms with E-state index in [-0.39, 0.29) is 0 Å². The molecule has 0 fully saturated rings. The lowest BCUT2D eigenvalue weighted by Gasteiger charge is -2.31. The molecule has 0 N–H and O–H groups in total. The molecule has 0 aromatic heterocycles. The number of esters is 1. The number of rotatable bonds is 11. The Morgan fingerprint density at radius 3 is 2.00 bits per heavy atom. The maximum atomic E-state index is 11.3. The van der Waals surface area contributed by atoms with E-state index in [1.54, 1.807) is 21.1 Å². The molecule has 0 heterocycles. The summed E-state index contributed by atoms with van der Waals surface area (Å²) in [4.78, 5) is 11.3. The molecule has 1 unspecified atom stereocenters. The van der Waals surface area contributed by atoms with Crippen molar-refractivity contribution in [3.05, 3.63) is 12.7 Å². The summed E-state index contributed by atoms with van der Waals surface area (Å²) in [5.74, 6) is -0.489. The molecule has 7 heteroatoms. The van der Waals surface area contributed by atoms with Gasteiger partial charge in [-0.3, -0.25) is 0 Å². The third kappa shape index (κ3) is 7.43. The van der Waals surface area contributed by atoms with Crippen LogP contribution in [0, 0.1) is 0 Å².